The van der Waals surface area contributed by atoms with Crippen LogP contribution in [0, 0.1) is 5.41 Å². The lowest BCUT2D eigenvalue weighted by Crippen LogP contribution is -2.37. The summed E-state index contributed by atoms with van der Waals surface area (Å²) in [5.41, 5.74) is 12.8. The first-order valence-corrected chi connectivity index (χ1v) is 8.42. The summed E-state index contributed by atoms with van der Waals surface area (Å²) in [6, 6.07) is 11.6. The van der Waals surface area contributed by atoms with Gasteiger partial charge < -0.3 is 21.2 Å². The fourth-order valence-corrected chi connectivity index (χ4v) is 3.01. The molecular formula is C18H21ClN6O. The number of anilines is 2. The molecule has 136 valence electrons. The molecular weight excluding hydrogens is 352 g/mol. The highest BCUT2D eigenvalue weighted by Gasteiger charge is 2.24. The van der Waals surface area contributed by atoms with Crippen molar-refractivity contribution in [3.05, 3.63) is 58.1 Å². The summed E-state index contributed by atoms with van der Waals surface area (Å²) in [6.45, 7) is 0.554. The Morgan fingerprint density at radius 3 is 2.96 bits per heavy atom. The van der Waals surface area contributed by atoms with Crippen molar-refractivity contribution in [2.24, 2.45) is 4.99 Å². The van der Waals surface area contributed by atoms with Crippen LogP contribution in [0.5, 0.6) is 0 Å². The van der Waals surface area contributed by atoms with Crippen LogP contribution in [0.4, 0.5) is 11.4 Å². The van der Waals surface area contributed by atoms with E-state index in [1.165, 1.54) is 0 Å². The molecule has 0 aliphatic carbocycles. The number of aliphatic imine (C=N–C) groups is 1. The van der Waals surface area contributed by atoms with E-state index >= 15 is 0 Å². The summed E-state index contributed by atoms with van der Waals surface area (Å²) < 4.78 is 5.19. The van der Waals surface area contributed by atoms with E-state index in [9.17, 15) is 0 Å². The van der Waals surface area contributed by atoms with Gasteiger partial charge in [0, 0.05) is 31.6 Å². The lowest BCUT2D eigenvalue weighted by Gasteiger charge is -2.18. The van der Waals surface area contributed by atoms with Gasteiger partial charge in [-0.3, -0.25) is 5.01 Å². The average molecular weight is 373 g/mol. The van der Waals surface area contributed by atoms with Crippen molar-refractivity contribution < 1.29 is 4.74 Å². The topological polar surface area (TPSA) is 98.8 Å². The first kappa shape index (κ1) is 18.2. The smallest absolute Gasteiger partial charge is 0.215 e. The summed E-state index contributed by atoms with van der Waals surface area (Å²) in [7, 11) is 3.54. The summed E-state index contributed by atoms with van der Waals surface area (Å²) in [4.78, 5) is 4.69. The molecule has 1 aliphatic heterocycles. The first-order valence-electron chi connectivity index (χ1n) is 8.04. The van der Waals surface area contributed by atoms with Crippen LogP contribution in [0.3, 0.4) is 0 Å². The van der Waals surface area contributed by atoms with Crippen LogP contribution in [0.1, 0.15) is 22.9 Å². The molecule has 1 atom stereocenters. The van der Waals surface area contributed by atoms with Crippen molar-refractivity contribution in [1.29, 1.82) is 5.41 Å². The number of hydrogen-bond donors (Lipinski definition) is 4. The third-order valence-electron chi connectivity index (χ3n) is 4.07. The Morgan fingerprint density at radius 1 is 1.42 bits per heavy atom. The minimum absolute atomic E-state index is 0.214. The number of methoxy groups -OCH3 is 1. The molecule has 0 aromatic heterocycles. The van der Waals surface area contributed by atoms with Crippen LogP contribution in [0.2, 0.25) is 5.02 Å². The molecule has 0 fully saturated rings. The van der Waals surface area contributed by atoms with Crippen LogP contribution >= 0.6 is 11.6 Å². The maximum atomic E-state index is 7.46. The zero-order chi connectivity index (χ0) is 18.7. The molecule has 1 unspecified atom stereocenters. The minimum Gasteiger partial charge on any atom is -0.398 e. The van der Waals surface area contributed by atoms with Gasteiger partial charge in [-0.2, -0.15) is 0 Å². The van der Waals surface area contributed by atoms with Gasteiger partial charge in [0.15, 0.2) is 0 Å². The molecule has 1 aliphatic rings. The van der Waals surface area contributed by atoms with Gasteiger partial charge in [-0.25, -0.2) is 10.4 Å². The van der Waals surface area contributed by atoms with E-state index in [0.717, 1.165) is 17.3 Å². The number of nitrogen functional groups attached to an aromatic ring is 1. The monoisotopic (exact) mass is 372 g/mol. The van der Waals surface area contributed by atoms with Gasteiger partial charge in [0.25, 0.3) is 0 Å². The van der Waals surface area contributed by atoms with Gasteiger partial charge in [-0.05, 0) is 29.3 Å². The molecule has 2 aromatic carbocycles. The molecule has 0 saturated carbocycles. The van der Waals surface area contributed by atoms with E-state index in [1.54, 1.807) is 24.3 Å². The highest BCUT2D eigenvalue weighted by atomic mass is 35.5. The number of nitrogens with two attached hydrogens (primary N) is 1. The van der Waals surface area contributed by atoms with Crippen molar-refractivity contribution in [3.8, 4) is 0 Å². The summed E-state index contributed by atoms with van der Waals surface area (Å²) in [5, 5.41) is 12.8. The molecule has 7 nitrogen and oxygen atoms in total. The molecule has 0 spiro atoms. The van der Waals surface area contributed by atoms with Crippen LogP contribution in [-0.4, -0.2) is 31.3 Å². The van der Waals surface area contributed by atoms with Crippen molar-refractivity contribution in [2.45, 2.75) is 12.8 Å². The lowest BCUT2D eigenvalue weighted by molar-refractivity contribution is 0.185. The second-order valence-corrected chi connectivity index (χ2v) is 6.30. The van der Waals surface area contributed by atoms with Crippen molar-refractivity contribution >= 4 is 35.1 Å². The van der Waals surface area contributed by atoms with E-state index in [2.05, 4.69) is 21.8 Å². The number of ether oxygens (including phenoxy) is 1. The number of guanidine groups is 1. The predicted octanol–water partition coefficient (Wildman–Crippen LogP) is 2.98. The number of halogens is 1. The van der Waals surface area contributed by atoms with Crippen LogP contribution in [-0.2, 0) is 11.3 Å². The number of rotatable bonds is 5. The molecule has 3 rings (SSSR count). The summed E-state index contributed by atoms with van der Waals surface area (Å²) >= 11 is 6.35. The highest BCUT2D eigenvalue weighted by molar-refractivity contribution is 6.36. The molecule has 2 aromatic rings. The fraction of sp³-hybridized carbons (Fsp3) is 0.222. The van der Waals surface area contributed by atoms with Gasteiger partial charge in [-0.15, -0.1) is 0 Å². The maximum absolute atomic E-state index is 7.46. The van der Waals surface area contributed by atoms with Crippen molar-refractivity contribution in [2.75, 3.05) is 25.2 Å². The first-order chi connectivity index (χ1) is 12.5. The fourth-order valence-electron chi connectivity index (χ4n) is 2.74. The van der Waals surface area contributed by atoms with E-state index in [4.69, 9.17) is 27.5 Å². The van der Waals surface area contributed by atoms with E-state index < -0.39 is 0 Å². The number of hydrogen-bond acceptors (Lipinski definition) is 7. The second kappa shape index (κ2) is 7.74. The Bertz CT molecular complexity index is 854. The summed E-state index contributed by atoms with van der Waals surface area (Å²) in [5.74, 6) is 0.620. The normalized spacial score (nSPS) is 16.5. The number of benzene rings is 2. The molecule has 8 heteroatoms. The van der Waals surface area contributed by atoms with Crippen LogP contribution in [0.25, 0.3) is 0 Å². The van der Waals surface area contributed by atoms with Crippen LogP contribution in [0.15, 0.2) is 41.4 Å². The lowest BCUT2D eigenvalue weighted by atomic mass is 10.1. The molecule has 1 heterocycles. The van der Waals surface area contributed by atoms with Crippen molar-refractivity contribution in [1.82, 2.24) is 10.4 Å². The number of nitrogens with zero attached hydrogens (tertiary/aromatic N) is 2. The Morgan fingerprint density at radius 2 is 2.23 bits per heavy atom. The molecule has 0 bridgehead atoms. The van der Waals surface area contributed by atoms with Gasteiger partial charge in [0.2, 0.25) is 5.96 Å². The standard InChI is InChI=1S/C18H21ClN6O/c1-25-18(22-15-7-6-14(21)13(9-20)16(15)19)23-17(24-25)12-5-3-4-11(8-12)10-26-2/h3-9,17,20,24H,10,21H2,1-2H3,(H,22,23). The largest absolute Gasteiger partial charge is 0.398 e. The Kier molecular flexibility index (Phi) is 5.41. The highest BCUT2D eigenvalue weighted by Crippen LogP contribution is 2.30. The predicted molar refractivity (Wildman–Crippen MR) is 106 cm³/mol. The third kappa shape index (κ3) is 3.65. The van der Waals surface area contributed by atoms with E-state index in [0.29, 0.717) is 34.5 Å². The average Bonchev–Trinajstić information content (AvgIpc) is 2.99. The quantitative estimate of drug-likeness (QED) is 0.477. The molecule has 0 radical (unpaired) electrons. The molecule has 26 heavy (non-hydrogen) atoms. The summed E-state index contributed by atoms with van der Waals surface area (Å²) in [6.07, 6.45) is 0.930. The zero-order valence-electron chi connectivity index (χ0n) is 14.6. The third-order valence-corrected chi connectivity index (χ3v) is 4.47. The Labute approximate surface area is 157 Å². The Balaban J connectivity index is 1.84. The SMILES string of the molecule is COCc1cccc(C2N=C(Nc3ccc(N)c(C=N)c3Cl)N(C)N2)c1. The molecule has 0 amide bonds. The van der Waals surface area contributed by atoms with Gasteiger partial charge >= 0.3 is 0 Å². The second-order valence-electron chi connectivity index (χ2n) is 5.92. The van der Waals surface area contributed by atoms with Gasteiger partial charge in [-0.1, -0.05) is 29.8 Å². The van der Waals surface area contributed by atoms with Gasteiger partial charge in [0.05, 0.1) is 17.3 Å². The van der Waals surface area contributed by atoms with Gasteiger partial charge in [0.1, 0.15) is 6.17 Å². The zero-order valence-corrected chi connectivity index (χ0v) is 15.3. The Hall–Kier alpha value is -2.61. The van der Waals surface area contributed by atoms with E-state index in [-0.39, 0.29) is 6.17 Å². The number of nitrogens with one attached hydrogen (secondary N) is 3. The minimum atomic E-state index is -0.214. The van der Waals surface area contributed by atoms with E-state index in [1.807, 2.05) is 25.2 Å². The van der Waals surface area contributed by atoms with Crippen LogP contribution < -0.4 is 16.5 Å². The molecule has 5 N–H and O–H groups in total. The molecule has 0 saturated heterocycles. The number of hydrazine groups is 1. The maximum Gasteiger partial charge on any atom is 0.215 e. The van der Waals surface area contributed by atoms with Crippen molar-refractivity contribution in [3.63, 3.8) is 0 Å².